The molecule has 1 N–H and O–H groups in total. The second-order valence-electron chi connectivity index (χ2n) is 6.72. The first-order valence-corrected chi connectivity index (χ1v) is 10.7. The fraction of sp³-hybridized carbons (Fsp3) is 0.950. The van der Waals surface area contributed by atoms with E-state index < -0.39 is 5.97 Å². The van der Waals surface area contributed by atoms with Gasteiger partial charge in [-0.3, -0.25) is 4.79 Å². The molecule has 0 spiro atoms. The second-order valence-corrected chi connectivity index (χ2v) is 6.72. The van der Waals surface area contributed by atoms with Gasteiger partial charge in [0.15, 0.2) is 0 Å². The van der Waals surface area contributed by atoms with E-state index in [0.29, 0.717) is 66.1 Å². The van der Waals surface area contributed by atoms with Crippen LogP contribution in [0.5, 0.6) is 0 Å². The van der Waals surface area contributed by atoms with Crippen LogP contribution in [0.1, 0.15) is 25.7 Å². The zero-order chi connectivity index (χ0) is 20.8. The lowest BCUT2D eigenvalue weighted by molar-refractivity contribution is -0.138. The van der Waals surface area contributed by atoms with E-state index in [2.05, 4.69) is 4.90 Å². The van der Waals surface area contributed by atoms with Crippen molar-refractivity contribution in [3.63, 3.8) is 0 Å². The molecule has 1 rings (SSSR count). The summed E-state index contributed by atoms with van der Waals surface area (Å²) in [5.41, 5.74) is 0. The van der Waals surface area contributed by atoms with Gasteiger partial charge < -0.3 is 38.4 Å². The van der Waals surface area contributed by atoms with E-state index in [1.165, 1.54) is 32.4 Å². The van der Waals surface area contributed by atoms with Crippen LogP contribution in [0.3, 0.4) is 0 Å². The summed E-state index contributed by atoms with van der Waals surface area (Å²) in [7, 11) is 0. The molecule has 0 aromatic rings. The molecular formula is C20H39NO8. The van der Waals surface area contributed by atoms with Crippen molar-refractivity contribution >= 4 is 5.97 Å². The standard InChI is InChI=1S/C20H39NO8/c22-20(23)4-8-24-10-12-26-14-16-28-18-19-29-17-15-27-13-11-25-9-7-21-5-2-1-3-6-21/h1-19H2,(H,22,23). The third-order valence-electron chi connectivity index (χ3n) is 4.32. The molecule has 1 aliphatic heterocycles. The summed E-state index contributed by atoms with van der Waals surface area (Å²) in [6.45, 7) is 9.56. The number of hydrogen-bond donors (Lipinski definition) is 1. The van der Waals surface area contributed by atoms with Crippen molar-refractivity contribution in [3.05, 3.63) is 0 Å². The highest BCUT2D eigenvalue weighted by Gasteiger charge is 2.08. The van der Waals surface area contributed by atoms with Crippen LogP contribution in [0.25, 0.3) is 0 Å². The maximum Gasteiger partial charge on any atom is 0.305 e. The Morgan fingerprint density at radius 3 is 1.38 bits per heavy atom. The number of hydrogen-bond acceptors (Lipinski definition) is 8. The largest absolute Gasteiger partial charge is 0.481 e. The summed E-state index contributed by atoms with van der Waals surface area (Å²) < 4.78 is 32.3. The van der Waals surface area contributed by atoms with Crippen LogP contribution in [-0.4, -0.2) is 115 Å². The van der Waals surface area contributed by atoms with Gasteiger partial charge in [0.05, 0.1) is 85.7 Å². The maximum atomic E-state index is 10.3. The number of nitrogens with zero attached hydrogens (tertiary/aromatic N) is 1. The second kappa shape index (κ2) is 20.5. The normalized spacial score (nSPS) is 15.0. The van der Waals surface area contributed by atoms with Crippen LogP contribution >= 0.6 is 0 Å². The van der Waals surface area contributed by atoms with Gasteiger partial charge in [0.2, 0.25) is 0 Å². The molecule has 1 aliphatic rings. The summed E-state index contributed by atoms with van der Waals surface area (Å²) in [5.74, 6) is -0.860. The summed E-state index contributed by atoms with van der Waals surface area (Å²) in [5, 5.41) is 8.44. The molecule has 0 radical (unpaired) electrons. The zero-order valence-electron chi connectivity index (χ0n) is 17.7. The minimum atomic E-state index is -0.860. The molecule has 29 heavy (non-hydrogen) atoms. The lowest BCUT2D eigenvalue weighted by Gasteiger charge is -2.26. The predicted molar refractivity (Wildman–Crippen MR) is 107 cm³/mol. The topological polar surface area (TPSA) is 95.9 Å². The monoisotopic (exact) mass is 421 g/mol. The number of aliphatic carboxylic acids is 1. The number of piperidine rings is 1. The summed E-state index contributed by atoms with van der Waals surface area (Å²) in [6.07, 6.45) is 4.01. The molecule has 0 saturated carbocycles. The average Bonchev–Trinajstić information content (AvgIpc) is 2.73. The van der Waals surface area contributed by atoms with E-state index in [1.807, 2.05) is 0 Å². The van der Waals surface area contributed by atoms with Gasteiger partial charge >= 0.3 is 5.97 Å². The first-order valence-electron chi connectivity index (χ1n) is 10.7. The van der Waals surface area contributed by atoms with Crippen molar-refractivity contribution in [3.8, 4) is 0 Å². The molecule has 172 valence electrons. The molecule has 0 bridgehead atoms. The molecule has 0 unspecified atom stereocenters. The molecule has 0 aromatic carbocycles. The Kier molecular flexibility index (Phi) is 18.5. The molecule has 1 fully saturated rings. The number of likely N-dealkylation sites (tertiary alicyclic amines) is 1. The minimum Gasteiger partial charge on any atom is -0.481 e. The minimum absolute atomic E-state index is 0.0147. The van der Waals surface area contributed by atoms with Gasteiger partial charge in [0.25, 0.3) is 0 Å². The highest BCUT2D eigenvalue weighted by atomic mass is 16.6. The zero-order valence-corrected chi connectivity index (χ0v) is 17.7. The third-order valence-corrected chi connectivity index (χ3v) is 4.32. The van der Waals surface area contributed by atoms with Crippen LogP contribution in [0.2, 0.25) is 0 Å². The van der Waals surface area contributed by atoms with Crippen LogP contribution in [0.15, 0.2) is 0 Å². The molecule has 0 aliphatic carbocycles. The Hall–Kier alpha value is -0.810. The highest BCUT2D eigenvalue weighted by Crippen LogP contribution is 2.07. The van der Waals surface area contributed by atoms with Crippen molar-refractivity contribution in [2.45, 2.75) is 25.7 Å². The molecule has 9 heteroatoms. The maximum absolute atomic E-state index is 10.3. The molecule has 9 nitrogen and oxygen atoms in total. The molecule has 0 atom stereocenters. The molecule has 0 amide bonds. The van der Waals surface area contributed by atoms with Gasteiger partial charge in [0, 0.05) is 6.54 Å². The fourth-order valence-corrected chi connectivity index (χ4v) is 2.74. The van der Waals surface area contributed by atoms with Gasteiger partial charge in [-0.05, 0) is 25.9 Å². The summed E-state index contributed by atoms with van der Waals surface area (Å²) in [4.78, 5) is 12.7. The van der Waals surface area contributed by atoms with Crippen LogP contribution in [-0.2, 0) is 33.2 Å². The molecule has 0 aromatic heterocycles. The van der Waals surface area contributed by atoms with Gasteiger partial charge in [-0.15, -0.1) is 0 Å². The predicted octanol–water partition coefficient (Wildman–Crippen LogP) is 1.05. The Labute approximate surface area is 174 Å². The van der Waals surface area contributed by atoms with Gasteiger partial charge in [-0.2, -0.15) is 0 Å². The van der Waals surface area contributed by atoms with Gasteiger partial charge in [-0.1, -0.05) is 6.42 Å². The molecule has 1 heterocycles. The average molecular weight is 422 g/mol. The summed E-state index contributed by atoms with van der Waals surface area (Å²) in [6, 6.07) is 0. The first kappa shape index (κ1) is 26.2. The van der Waals surface area contributed by atoms with Crippen molar-refractivity contribution < 1.29 is 38.3 Å². The Morgan fingerprint density at radius 1 is 0.586 bits per heavy atom. The van der Waals surface area contributed by atoms with E-state index in [1.54, 1.807) is 0 Å². The number of ether oxygens (including phenoxy) is 6. The number of carboxylic acids is 1. The van der Waals surface area contributed by atoms with E-state index in [-0.39, 0.29) is 13.0 Å². The Bertz CT molecular complexity index is 366. The highest BCUT2D eigenvalue weighted by molar-refractivity contribution is 5.66. The number of carbonyl (C=O) groups is 1. The number of carboxylic acid groups (broad SMARTS) is 1. The third kappa shape index (κ3) is 18.9. The first-order chi connectivity index (χ1) is 14.3. The lowest BCUT2D eigenvalue weighted by atomic mass is 10.1. The Balaban J connectivity index is 1.64. The van der Waals surface area contributed by atoms with E-state index in [9.17, 15) is 4.79 Å². The summed E-state index contributed by atoms with van der Waals surface area (Å²) >= 11 is 0. The fourth-order valence-electron chi connectivity index (χ4n) is 2.74. The quantitative estimate of drug-likeness (QED) is 0.273. The van der Waals surface area contributed by atoms with Crippen molar-refractivity contribution in [1.29, 1.82) is 0 Å². The SMILES string of the molecule is O=C(O)CCOCCOCCOCCOCCOCCOCCN1CCCCC1. The lowest BCUT2D eigenvalue weighted by Crippen LogP contribution is -2.32. The van der Waals surface area contributed by atoms with Crippen LogP contribution < -0.4 is 0 Å². The van der Waals surface area contributed by atoms with Crippen molar-refractivity contribution in [1.82, 2.24) is 4.90 Å². The van der Waals surface area contributed by atoms with E-state index in [4.69, 9.17) is 33.5 Å². The molecule has 1 saturated heterocycles. The smallest absolute Gasteiger partial charge is 0.305 e. The van der Waals surface area contributed by atoms with Gasteiger partial charge in [-0.25, -0.2) is 0 Å². The number of rotatable bonds is 21. The Morgan fingerprint density at radius 2 is 0.966 bits per heavy atom. The van der Waals surface area contributed by atoms with Crippen molar-refractivity contribution in [2.75, 3.05) is 98.9 Å². The van der Waals surface area contributed by atoms with Crippen LogP contribution in [0.4, 0.5) is 0 Å². The molecular weight excluding hydrogens is 382 g/mol. The van der Waals surface area contributed by atoms with Crippen LogP contribution in [0, 0.1) is 0 Å². The van der Waals surface area contributed by atoms with Gasteiger partial charge in [0.1, 0.15) is 0 Å². The van der Waals surface area contributed by atoms with E-state index >= 15 is 0 Å². The van der Waals surface area contributed by atoms with E-state index in [0.717, 1.165) is 13.2 Å². The van der Waals surface area contributed by atoms with Crippen molar-refractivity contribution in [2.24, 2.45) is 0 Å².